The molecule has 0 saturated carbocycles. The van der Waals surface area contributed by atoms with E-state index < -0.39 is 43.0 Å². The smallest absolute Gasteiger partial charge is 0.252 e. The van der Waals surface area contributed by atoms with Gasteiger partial charge < -0.3 is 18.9 Å². The minimum atomic E-state index is -0.752. The van der Waals surface area contributed by atoms with E-state index in [9.17, 15) is 10.7 Å². The van der Waals surface area contributed by atoms with Crippen molar-refractivity contribution in [3.63, 3.8) is 0 Å². The van der Waals surface area contributed by atoms with Crippen molar-refractivity contribution in [2.24, 2.45) is 0 Å². The summed E-state index contributed by atoms with van der Waals surface area (Å²) >= 11 is 0. The number of hydrogen-bond donors (Lipinski definition) is 0. The quantitative estimate of drug-likeness (QED) is 0.142. The van der Waals surface area contributed by atoms with Crippen molar-refractivity contribution >= 4 is 101 Å². The van der Waals surface area contributed by atoms with E-state index in [-0.39, 0.29) is 51.5 Å². The van der Waals surface area contributed by atoms with Gasteiger partial charge in [0, 0.05) is 66.8 Å². The second kappa shape index (κ2) is 22.4. The molecule has 13 aromatic carbocycles. The molecule has 0 saturated heterocycles. The lowest BCUT2D eigenvalue weighted by molar-refractivity contribution is 0.590. The summed E-state index contributed by atoms with van der Waals surface area (Å²) in [5.74, 6) is 0. The molecule has 15 aromatic rings. The van der Waals surface area contributed by atoms with Gasteiger partial charge in [-0.25, -0.2) is 0 Å². The van der Waals surface area contributed by atoms with Crippen LogP contribution in [0.3, 0.4) is 0 Å². The summed E-state index contributed by atoms with van der Waals surface area (Å²) in [6.07, 6.45) is 0. The van der Waals surface area contributed by atoms with Gasteiger partial charge in [-0.05, 0) is 174 Å². The van der Waals surface area contributed by atoms with Crippen LogP contribution in [0.15, 0.2) is 285 Å². The van der Waals surface area contributed by atoms with Crippen molar-refractivity contribution in [2.75, 3.05) is 9.80 Å². The van der Waals surface area contributed by atoms with Crippen LogP contribution in [-0.4, -0.2) is 15.8 Å². The maximum absolute atomic E-state index is 11.6. The summed E-state index contributed by atoms with van der Waals surface area (Å²) in [5.41, 5.74) is 19.4. The molecule has 4 heterocycles. The zero-order chi connectivity index (χ0) is 74.9. The van der Waals surface area contributed by atoms with E-state index in [1.165, 1.54) is 11.1 Å². The van der Waals surface area contributed by atoms with Crippen LogP contribution < -0.4 is 26.2 Å². The van der Waals surface area contributed by atoms with Gasteiger partial charge in [0.1, 0.15) is 0 Å². The lowest BCUT2D eigenvalue weighted by Crippen LogP contribution is -2.61. The summed E-state index contributed by atoms with van der Waals surface area (Å²) in [7, 11) is 0. The van der Waals surface area contributed by atoms with Crippen molar-refractivity contribution in [3.8, 4) is 62.0 Å². The first-order chi connectivity index (χ1) is 51.1. The van der Waals surface area contributed by atoms with Crippen molar-refractivity contribution < 1.29 is 13.7 Å². The van der Waals surface area contributed by atoms with E-state index in [2.05, 4.69) is 227 Å². The molecule has 2 aromatic heterocycles. The van der Waals surface area contributed by atoms with Crippen LogP contribution in [0.4, 0.5) is 34.1 Å². The van der Waals surface area contributed by atoms with Crippen molar-refractivity contribution in [3.05, 3.63) is 307 Å². The average molecular weight is 1260 g/mol. The normalized spacial score (nSPS) is 14.4. The highest BCUT2D eigenvalue weighted by Crippen LogP contribution is 2.53. The van der Waals surface area contributed by atoms with E-state index in [0.29, 0.717) is 39.4 Å². The SMILES string of the molecule is [2H]c1c([2H])c([2H])c(-c2ccc3c(c2)B2c4ccc(-c5c([2H])c([2H])c([2H])c([2H])c5[2H])cc4N(c4cc(C#N)cc(-n5c6ccccc6c6ccccc65)c4)c4cc(-n5c6ccc(C(C)(C)C)cc6c6cc(C(C)(C)C)ccc65)cc(c42)N3c2c(-c3ccccc3)cc(C(C)(C)C)cc2-c2ccccc2)c([2H])c1[2H]. The molecule has 17 rings (SSSR count). The fourth-order valence-corrected chi connectivity index (χ4v) is 15.1. The van der Waals surface area contributed by atoms with E-state index in [1.807, 2.05) is 84.9 Å². The number of aromatic nitrogens is 2. The first kappa shape index (κ1) is 49.2. The summed E-state index contributed by atoms with van der Waals surface area (Å²) in [4.78, 5) is 4.58. The number of anilines is 6. The number of rotatable bonds is 8. The highest BCUT2D eigenvalue weighted by atomic mass is 15.2. The van der Waals surface area contributed by atoms with Gasteiger partial charge >= 0.3 is 0 Å². The summed E-state index contributed by atoms with van der Waals surface area (Å²) in [6, 6.07) is 76.0. The van der Waals surface area contributed by atoms with Gasteiger partial charge in [-0.15, -0.1) is 0 Å². The van der Waals surface area contributed by atoms with Crippen molar-refractivity contribution in [1.29, 1.82) is 5.26 Å². The molecule has 0 unspecified atom stereocenters. The standard InChI is InChI=1S/C91H74BN5/c1-89(2,3)65-40-44-81-75(50-65)76-51-66(90(4,5)6)41-45-82(76)95(81)70-55-85-87-86(56-70)97(88-73(61-30-18-12-19-31-61)52-67(91(7,8)9)53-74(88)62-32-20-13-21-33-62)83-43-39-63(59-26-14-10-15-27-59)48-78(83)92(87)77-42-38-64(60-28-16-11-17-29-60)49-84(77)96(85)69-47-58(57-93)46-68(54-69)94-79-36-24-22-34-71(79)72-35-23-25-37-80(72)94/h10-56H,1-9H3/i10D,11D,14D,15D,16D,17D,26D,27D,28D,29D. The number of hydrogen-bond acceptors (Lipinski definition) is 3. The Balaban J connectivity index is 1.10. The van der Waals surface area contributed by atoms with E-state index in [0.717, 1.165) is 111 Å². The van der Waals surface area contributed by atoms with Crippen LogP contribution >= 0.6 is 0 Å². The lowest BCUT2D eigenvalue weighted by Gasteiger charge is -2.45. The Labute approximate surface area is 583 Å². The molecule has 0 radical (unpaired) electrons. The summed E-state index contributed by atoms with van der Waals surface area (Å²) in [6.45, 7) is 19.4. The fourth-order valence-electron chi connectivity index (χ4n) is 15.1. The molecule has 2 aliphatic rings. The number of para-hydroxylation sites is 2. The molecule has 6 heteroatoms. The number of fused-ring (bicyclic) bond motifs is 10. The highest BCUT2D eigenvalue weighted by Gasteiger charge is 2.46. The van der Waals surface area contributed by atoms with Crippen molar-refractivity contribution in [1.82, 2.24) is 9.13 Å². The van der Waals surface area contributed by atoms with E-state index in [1.54, 1.807) is 0 Å². The van der Waals surface area contributed by atoms with E-state index in [4.69, 9.17) is 8.22 Å². The fraction of sp³-hybridized carbons (Fsp3) is 0.132. The molecular weight excluding hydrogens is 1170 g/mol. The zero-order valence-electron chi connectivity index (χ0n) is 65.7. The van der Waals surface area contributed by atoms with Gasteiger partial charge in [0.15, 0.2) is 0 Å². The molecule has 0 bridgehead atoms. The Bertz CT molecular complexity index is 6130. The molecule has 0 amide bonds. The largest absolute Gasteiger partial charge is 0.311 e. The van der Waals surface area contributed by atoms with Gasteiger partial charge in [-0.2, -0.15) is 5.26 Å². The van der Waals surface area contributed by atoms with Gasteiger partial charge in [0.05, 0.1) is 58.8 Å². The average Bonchev–Trinajstić information content (AvgIpc) is 1.12. The molecule has 0 spiro atoms. The Morgan fingerprint density at radius 2 is 0.804 bits per heavy atom. The summed E-state index contributed by atoms with van der Waals surface area (Å²) in [5, 5.41) is 15.8. The lowest BCUT2D eigenvalue weighted by atomic mass is 9.33. The van der Waals surface area contributed by atoms with Gasteiger partial charge in [0.2, 0.25) is 0 Å². The predicted octanol–water partition coefficient (Wildman–Crippen LogP) is 22.4. The van der Waals surface area contributed by atoms with Crippen LogP contribution in [0, 0.1) is 11.3 Å². The third kappa shape index (κ3) is 9.81. The first-order valence-electron chi connectivity index (χ1n) is 38.2. The number of nitriles is 1. The van der Waals surface area contributed by atoms with Gasteiger partial charge in [-0.1, -0.05) is 256 Å². The molecule has 466 valence electrons. The molecule has 5 nitrogen and oxygen atoms in total. The maximum Gasteiger partial charge on any atom is 0.252 e. The van der Waals surface area contributed by atoms with Gasteiger partial charge in [0.25, 0.3) is 6.71 Å². The minimum Gasteiger partial charge on any atom is -0.311 e. The molecule has 97 heavy (non-hydrogen) atoms. The third-order valence-corrected chi connectivity index (χ3v) is 19.9. The molecule has 2 aliphatic heterocycles. The molecule has 0 N–H and O–H groups in total. The Kier molecular flexibility index (Phi) is 11.3. The minimum absolute atomic E-state index is 0.00421. The number of benzene rings is 13. The second-order valence-electron chi connectivity index (χ2n) is 29.0. The predicted molar refractivity (Wildman–Crippen MR) is 412 cm³/mol. The van der Waals surface area contributed by atoms with Crippen LogP contribution in [0.1, 0.15) is 98.3 Å². The van der Waals surface area contributed by atoms with Crippen LogP contribution in [0.2, 0.25) is 0 Å². The Hall–Kier alpha value is -11.4. The van der Waals surface area contributed by atoms with Crippen LogP contribution in [-0.2, 0) is 16.2 Å². The zero-order valence-corrected chi connectivity index (χ0v) is 55.7. The molecule has 0 fully saturated rings. The molecular formula is C91H74BN5. The van der Waals surface area contributed by atoms with E-state index >= 15 is 0 Å². The number of nitrogens with zero attached hydrogens (tertiary/aromatic N) is 5. The summed E-state index contributed by atoms with van der Waals surface area (Å²) < 4.78 is 96.7. The monoisotopic (exact) mass is 1260 g/mol. The third-order valence-electron chi connectivity index (χ3n) is 19.9. The molecule has 0 aliphatic carbocycles. The topological polar surface area (TPSA) is 40.1 Å². The second-order valence-corrected chi connectivity index (χ2v) is 29.0. The Morgan fingerprint density at radius 3 is 1.33 bits per heavy atom. The Morgan fingerprint density at radius 1 is 0.340 bits per heavy atom. The van der Waals surface area contributed by atoms with Gasteiger partial charge in [-0.3, -0.25) is 0 Å². The van der Waals surface area contributed by atoms with Crippen LogP contribution in [0.25, 0.3) is 99.5 Å². The van der Waals surface area contributed by atoms with Crippen LogP contribution in [0.5, 0.6) is 0 Å². The highest BCUT2D eigenvalue weighted by molar-refractivity contribution is 7.00. The molecule has 0 atom stereocenters. The maximum atomic E-state index is 11.6. The first-order valence-corrected chi connectivity index (χ1v) is 33.2. The van der Waals surface area contributed by atoms with Crippen molar-refractivity contribution in [2.45, 2.75) is 78.6 Å².